The van der Waals surface area contributed by atoms with Crippen molar-refractivity contribution in [2.45, 2.75) is 84.6 Å². The van der Waals surface area contributed by atoms with Crippen LogP contribution in [0.1, 0.15) is 78.6 Å². The van der Waals surface area contributed by atoms with E-state index in [9.17, 15) is 5.11 Å². The molecule has 0 aliphatic heterocycles. The van der Waals surface area contributed by atoms with Gasteiger partial charge in [0.05, 0.1) is 0 Å². The summed E-state index contributed by atoms with van der Waals surface area (Å²) in [6, 6.07) is 0.377. The van der Waals surface area contributed by atoms with Crippen molar-refractivity contribution in [3.63, 3.8) is 0 Å². The number of nitrogens with one attached hydrogen (secondary N) is 1. The topological polar surface area (TPSA) is 70.6 Å². The molecule has 23 heavy (non-hydrogen) atoms. The molecule has 0 spiro atoms. The summed E-state index contributed by atoms with van der Waals surface area (Å²) < 4.78 is 0. The van der Waals surface area contributed by atoms with Crippen molar-refractivity contribution in [2.24, 2.45) is 22.1 Å². The van der Waals surface area contributed by atoms with Gasteiger partial charge in [0.1, 0.15) is 0 Å². The average molecular weight is 439 g/mol. The maximum Gasteiger partial charge on any atom is 0.188 e. The van der Waals surface area contributed by atoms with Crippen molar-refractivity contribution in [3.05, 3.63) is 0 Å². The van der Waals surface area contributed by atoms with E-state index in [2.05, 4.69) is 31.1 Å². The minimum absolute atomic E-state index is 0. The molecule has 0 heterocycles. The van der Waals surface area contributed by atoms with Gasteiger partial charge in [-0.2, -0.15) is 0 Å². The number of hydrogen-bond donors (Lipinski definition) is 3. The first-order chi connectivity index (χ1) is 10.5. The molecule has 0 bridgehead atoms. The summed E-state index contributed by atoms with van der Waals surface area (Å²) in [7, 11) is 0. The van der Waals surface area contributed by atoms with Crippen LogP contribution >= 0.6 is 24.0 Å². The number of nitrogens with zero attached hydrogens (tertiary/aromatic N) is 1. The minimum atomic E-state index is 0. The van der Waals surface area contributed by atoms with Crippen LogP contribution in [0.3, 0.4) is 0 Å². The zero-order chi connectivity index (χ0) is 16.4. The molecular formula is C18H38IN3O. The van der Waals surface area contributed by atoms with E-state index >= 15 is 0 Å². The van der Waals surface area contributed by atoms with E-state index < -0.39 is 0 Å². The third-order valence-corrected chi connectivity index (χ3v) is 4.95. The molecule has 1 saturated carbocycles. The van der Waals surface area contributed by atoms with Crippen LogP contribution in [0.15, 0.2) is 4.99 Å². The monoisotopic (exact) mass is 439 g/mol. The first kappa shape index (κ1) is 23.0. The second-order valence-corrected chi connectivity index (χ2v) is 7.61. The molecule has 1 rings (SSSR count). The molecule has 0 amide bonds. The molecule has 0 aromatic rings. The zero-order valence-electron chi connectivity index (χ0n) is 15.3. The number of aliphatic hydroxyl groups excluding tert-OH is 1. The Morgan fingerprint density at radius 3 is 2.39 bits per heavy atom. The molecule has 0 radical (unpaired) electrons. The van der Waals surface area contributed by atoms with E-state index in [1.807, 2.05) is 0 Å². The van der Waals surface area contributed by atoms with Crippen LogP contribution in [-0.4, -0.2) is 30.3 Å². The Hall–Kier alpha value is -0.0400. The summed E-state index contributed by atoms with van der Waals surface area (Å²) in [4.78, 5) is 4.59. The van der Waals surface area contributed by atoms with Gasteiger partial charge < -0.3 is 16.2 Å². The van der Waals surface area contributed by atoms with E-state index in [4.69, 9.17) is 5.73 Å². The lowest BCUT2D eigenvalue weighted by atomic mass is 9.72. The van der Waals surface area contributed by atoms with Crippen LogP contribution in [0.2, 0.25) is 0 Å². The first-order valence-electron chi connectivity index (χ1n) is 9.15. The zero-order valence-corrected chi connectivity index (χ0v) is 17.6. The molecule has 1 atom stereocenters. The fourth-order valence-corrected chi connectivity index (χ4v) is 3.48. The third kappa shape index (κ3) is 9.75. The number of halogens is 1. The number of aliphatic imine (C=N–C) groups is 1. The highest BCUT2D eigenvalue weighted by Gasteiger charge is 2.31. The summed E-state index contributed by atoms with van der Waals surface area (Å²) in [6.07, 6.45) is 10.7. The largest absolute Gasteiger partial charge is 0.396 e. The Bertz CT molecular complexity index is 323. The smallest absolute Gasteiger partial charge is 0.188 e. The molecule has 1 fully saturated rings. The molecule has 0 aromatic heterocycles. The Balaban J connectivity index is 0.00000484. The SMILES string of the molecule is CC(C)CCCC(C)NC(N)=NCC1(CCO)CCCCC1.I. The van der Waals surface area contributed by atoms with E-state index in [0.717, 1.165) is 25.3 Å². The van der Waals surface area contributed by atoms with Gasteiger partial charge in [-0.1, -0.05) is 46.0 Å². The van der Waals surface area contributed by atoms with Crippen molar-refractivity contribution < 1.29 is 5.11 Å². The van der Waals surface area contributed by atoms with Gasteiger partial charge in [-0.25, -0.2) is 0 Å². The lowest BCUT2D eigenvalue weighted by molar-refractivity contribution is 0.137. The number of nitrogens with two attached hydrogens (primary N) is 1. The first-order valence-corrected chi connectivity index (χ1v) is 9.15. The summed E-state index contributed by atoms with van der Waals surface area (Å²) in [5.41, 5.74) is 6.24. The van der Waals surface area contributed by atoms with Crippen LogP contribution in [-0.2, 0) is 0 Å². The predicted octanol–water partition coefficient (Wildman–Crippen LogP) is 4.06. The number of aliphatic hydroxyl groups is 1. The third-order valence-electron chi connectivity index (χ3n) is 4.95. The van der Waals surface area contributed by atoms with E-state index in [-0.39, 0.29) is 36.0 Å². The highest BCUT2D eigenvalue weighted by atomic mass is 127. The van der Waals surface area contributed by atoms with Crippen LogP contribution < -0.4 is 11.1 Å². The minimum Gasteiger partial charge on any atom is -0.396 e. The predicted molar refractivity (Wildman–Crippen MR) is 110 cm³/mol. The Morgan fingerprint density at radius 2 is 1.83 bits per heavy atom. The molecule has 1 aliphatic rings. The molecule has 4 nitrogen and oxygen atoms in total. The van der Waals surface area contributed by atoms with Gasteiger partial charge in [0.25, 0.3) is 0 Å². The summed E-state index contributed by atoms with van der Waals surface area (Å²) in [5, 5.41) is 12.7. The Morgan fingerprint density at radius 1 is 1.17 bits per heavy atom. The van der Waals surface area contributed by atoms with E-state index in [1.165, 1.54) is 44.9 Å². The molecule has 1 unspecified atom stereocenters. The van der Waals surface area contributed by atoms with E-state index in [0.29, 0.717) is 12.0 Å². The summed E-state index contributed by atoms with van der Waals surface area (Å²) >= 11 is 0. The quantitative estimate of drug-likeness (QED) is 0.288. The lowest BCUT2D eigenvalue weighted by Crippen LogP contribution is -2.40. The van der Waals surface area contributed by atoms with Gasteiger partial charge in [0.2, 0.25) is 0 Å². The highest BCUT2D eigenvalue weighted by molar-refractivity contribution is 14.0. The fraction of sp³-hybridized carbons (Fsp3) is 0.944. The molecule has 4 N–H and O–H groups in total. The maximum absolute atomic E-state index is 9.34. The second-order valence-electron chi connectivity index (χ2n) is 7.61. The van der Waals surface area contributed by atoms with Gasteiger partial charge in [0, 0.05) is 19.2 Å². The van der Waals surface area contributed by atoms with Crippen molar-refractivity contribution in [2.75, 3.05) is 13.2 Å². The van der Waals surface area contributed by atoms with Crippen LogP contribution in [0.4, 0.5) is 0 Å². The van der Waals surface area contributed by atoms with Crippen LogP contribution in [0.5, 0.6) is 0 Å². The molecule has 5 heteroatoms. The van der Waals surface area contributed by atoms with Crippen LogP contribution in [0, 0.1) is 11.3 Å². The number of rotatable bonds is 9. The van der Waals surface area contributed by atoms with Crippen molar-refractivity contribution >= 4 is 29.9 Å². The highest BCUT2D eigenvalue weighted by Crippen LogP contribution is 2.39. The number of guanidine groups is 1. The standard InChI is InChI=1S/C18H37N3O.HI/c1-15(2)8-7-9-16(3)21-17(19)20-14-18(12-13-22)10-5-4-6-11-18;/h15-16,22H,4-14H2,1-3H3,(H3,19,20,21);1H. The molecule has 0 aromatic carbocycles. The summed E-state index contributed by atoms with van der Waals surface area (Å²) in [5.74, 6) is 1.34. The van der Waals surface area contributed by atoms with E-state index in [1.54, 1.807) is 0 Å². The van der Waals surface area contributed by atoms with Gasteiger partial charge in [-0.15, -0.1) is 24.0 Å². The Kier molecular flexibility index (Phi) is 12.3. The second kappa shape index (κ2) is 12.3. The van der Waals surface area contributed by atoms with Crippen molar-refractivity contribution in [3.8, 4) is 0 Å². The average Bonchev–Trinajstić information content (AvgIpc) is 2.46. The van der Waals surface area contributed by atoms with Gasteiger partial charge in [-0.05, 0) is 43.9 Å². The molecular weight excluding hydrogens is 401 g/mol. The molecule has 1 aliphatic carbocycles. The fourth-order valence-electron chi connectivity index (χ4n) is 3.48. The van der Waals surface area contributed by atoms with Gasteiger partial charge in [-0.3, -0.25) is 4.99 Å². The molecule has 0 saturated heterocycles. The van der Waals surface area contributed by atoms with Gasteiger partial charge >= 0.3 is 0 Å². The Labute approximate surface area is 160 Å². The van der Waals surface area contributed by atoms with Crippen molar-refractivity contribution in [1.29, 1.82) is 0 Å². The normalized spacial score (nSPS) is 19.3. The lowest BCUT2D eigenvalue weighted by Gasteiger charge is -2.35. The summed E-state index contributed by atoms with van der Waals surface area (Å²) in [6.45, 7) is 7.71. The van der Waals surface area contributed by atoms with Gasteiger partial charge in [0.15, 0.2) is 5.96 Å². The maximum atomic E-state index is 9.34. The molecule has 138 valence electrons. The van der Waals surface area contributed by atoms with Crippen molar-refractivity contribution in [1.82, 2.24) is 5.32 Å². The van der Waals surface area contributed by atoms with Crippen LogP contribution in [0.25, 0.3) is 0 Å². The number of hydrogen-bond acceptors (Lipinski definition) is 2.